The zero-order chi connectivity index (χ0) is 16.9. The molecule has 2 rings (SSSR count). The second kappa shape index (κ2) is 7.93. The summed E-state index contributed by atoms with van der Waals surface area (Å²) < 4.78 is 27.4. The molecule has 0 aliphatic carbocycles. The van der Waals surface area contributed by atoms with Crippen LogP contribution in [0.3, 0.4) is 0 Å². The van der Waals surface area contributed by atoms with E-state index in [1.807, 2.05) is 18.7 Å². The van der Waals surface area contributed by atoms with E-state index < -0.39 is 10.0 Å². The third-order valence-corrected chi connectivity index (χ3v) is 5.84. The maximum atomic E-state index is 12.6. The van der Waals surface area contributed by atoms with Crippen LogP contribution in [0.25, 0.3) is 0 Å². The molecule has 1 aliphatic heterocycles. The molecular formula is C17H26N2O3S. The van der Waals surface area contributed by atoms with Gasteiger partial charge in [0.25, 0.3) is 5.91 Å². The van der Waals surface area contributed by atoms with Gasteiger partial charge in [0.1, 0.15) is 0 Å². The van der Waals surface area contributed by atoms with Crippen LogP contribution in [0.1, 0.15) is 56.3 Å². The summed E-state index contributed by atoms with van der Waals surface area (Å²) in [5.74, 6) is -0.0764. The Kier molecular flexibility index (Phi) is 6.18. The van der Waals surface area contributed by atoms with Gasteiger partial charge in [0.05, 0.1) is 4.90 Å². The number of amides is 1. The van der Waals surface area contributed by atoms with E-state index in [1.165, 1.54) is 12.1 Å². The predicted octanol–water partition coefficient (Wildman–Crippen LogP) is 2.78. The molecule has 1 heterocycles. The Morgan fingerprint density at radius 1 is 1.22 bits per heavy atom. The number of hydrogen-bond acceptors (Lipinski definition) is 3. The highest BCUT2D eigenvalue weighted by Crippen LogP contribution is 2.17. The lowest BCUT2D eigenvalue weighted by molar-refractivity contribution is 0.0761. The van der Waals surface area contributed by atoms with Gasteiger partial charge in [0.15, 0.2) is 0 Å². The van der Waals surface area contributed by atoms with E-state index in [0.717, 1.165) is 38.8 Å². The van der Waals surface area contributed by atoms with Gasteiger partial charge < -0.3 is 4.90 Å². The standard InChI is InChI=1S/C17H26N2O3S/c1-3-14(2)18-23(21,22)16-10-8-9-15(13-16)17(20)19-11-6-4-5-7-12-19/h8-10,13-14,18H,3-7,11-12H2,1-2H3. The molecule has 23 heavy (non-hydrogen) atoms. The van der Waals surface area contributed by atoms with Gasteiger partial charge in [-0.25, -0.2) is 13.1 Å². The molecule has 0 spiro atoms. The van der Waals surface area contributed by atoms with Crippen molar-refractivity contribution in [2.24, 2.45) is 0 Å². The summed E-state index contributed by atoms with van der Waals surface area (Å²) in [6.45, 7) is 5.25. The fraction of sp³-hybridized carbons (Fsp3) is 0.588. The minimum absolute atomic E-state index is 0.0764. The van der Waals surface area contributed by atoms with Gasteiger partial charge in [-0.05, 0) is 44.4 Å². The average molecular weight is 338 g/mol. The van der Waals surface area contributed by atoms with Crippen molar-refractivity contribution in [1.82, 2.24) is 9.62 Å². The van der Waals surface area contributed by atoms with E-state index in [0.29, 0.717) is 12.0 Å². The molecule has 1 atom stereocenters. The number of carbonyl (C=O) groups is 1. The molecule has 1 aromatic carbocycles. The minimum atomic E-state index is -3.59. The number of sulfonamides is 1. The van der Waals surface area contributed by atoms with Crippen molar-refractivity contribution >= 4 is 15.9 Å². The Labute approximate surface area is 139 Å². The van der Waals surface area contributed by atoms with Crippen LogP contribution < -0.4 is 4.72 Å². The Hall–Kier alpha value is -1.40. The normalized spacial score (nSPS) is 17.6. The molecular weight excluding hydrogens is 312 g/mol. The first kappa shape index (κ1) is 17.9. The summed E-state index contributed by atoms with van der Waals surface area (Å²) in [6, 6.07) is 6.21. The highest BCUT2D eigenvalue weighted by atomic mass is 32.2. The summed E-state index contributed by atoms with van der Waals surface area (Å²) in [6.07, 6.45) is 5.04. The van der Waals surface area contributed by atoms with E-state index in [-0.39, 0.29) is 16.8 Å². The zero-order valence-corrected chi connectivity index (χ0v) is 14.7. The minimum Gasteiger partial charge on any atom is -0.339 e. The Morgan fingerprint density at radius 3 is 2.48 bits per heavy atom. The summed E-state index contributed by atoms with van der Waals surface area (Å²) in [5, 5.41) is 0. The van der Waals surface area contributed by atoms with E-state index in [2.05, 4.69) is 4.72 Å². The van der Waals surface area contributed by atoms with Gasteiger partial charge >= 0.3 is 0 Å². The molecule has 1 aromatic rings. The maximum Gasteiger partial charge on any atom is 0.253 e. The van der Waals surface area contributed by atoms with Crippen LogP contribution in [0.5, 0.6) is 0 Å². The molecule has 0 radical (unpaired) electrons. The summed E-state index contributed by atoms with van der Waals surface area (Å²) >= 11 is 0. The molecule has 128 valence electrons. The molecule has 1 saturated heterocycles. The number of nitrogens with one attached hydrogen (secondary N) is 1. The Balaban J connectivity index is 2.20. The first-order valence-electron chi connectivity index (χ1n) is 8.35. The molecule has 1 aliphatic rings. The molecule has 5 nitrogen and oxygen atoms in total. The summed E-state index contributed by atoms with van der Waals surface area (Å²) in [7, 11) is -3.59. The molecule has 1 amide bonds. The molecule has 6 heteroatoms. The average Bonchev–Trinajstić information content (AvgIpc) is 2.83. The fourth-order valence-electron chi connectivity index (χ4n) is 2.67. The lowest BCUT2D eigenvalue weighted by Gasteiger charge is -2.20. The van der Waals surface area contributed by atoms with Gasteiger partial charge in [-0.15, -0.1) is 0 Å². The molecule has 1 unspecified atom stereocenters. The quantitative estimate of drug-likeness (QED) is 0.898. The van der Waals surface area contributed by atoms with Crippen molar-refractivity contribution in [2.75, 3.05) is 13.1 Å². The molecule has 0 saturated carbocycles. The lowest BCUT2D eigenvalue weighted by atomic mass is 10.2. The number of carbonyl (C=O) groups excluding carboxylic acids is 1. The van der Waals surface area contributed by atoms with Crippen molar-refractivity contribution in [2.45, 2.75) is 56.9 Å². The predicted molar refractivity (Wildman–Crippen MR) is 90.9 cm³/mol. The number of nitrogens with zero attached hydrogens (tertiary/aromatic N) is 1. The fourth-order valence-corrected chi connectivity index (χ4v) is 4.04. The van der Waals surface area contributed by atoms with Crippen LogP contribution in [-0.2, 0) is 10.0 Å². The Bertz CT molecular complexity index is 635. The smallest absolute Gasteiger partial charge is 0.253 e. The van der Waals surface area contributed by atoms with Crippen molar-refractivity contribution in [3.05, 3.63) is 29.8 Å². The van der Waals surface area contributed by atoms with Gasteiger partial charge in [-0.3, -0.25) is 4.79 Å². The van der Waals surface area contributed by atoms with Crippen LogP contribution in [0.4, 0.5) is 0 Å². The molecule has 0 bridgehead atoms. The van der Waals surface area contributed by atoms with Crippen LogP contribution >= 0.6 is 0 Å². The maximum absolute atomic E-state index is 12.6. The van der Waals surface area contributed by atoms with Crippen molar-refractivity contribution in [3.63, 3.8) is 0 Å². The van der Waals surface area contributed by atoms with E-state index >= 15 is 0 Å². The summed E-state index contributed by atoms with van der Waals surface area (Å²) in [4.78, 5) is 14.6. The highest BCUT2D eigenvalue weighted by Gasteiger charge is 2.21. The second-order valence-electron chi connectivity index (χ2n) is 6.16. The number of benzene rings is 1. The number of rotatable bonds is 5. The first-order chi connectivity index (χ1) is 10.9. The number of likely N-dealkylation sites (tertiary alicyclic amines) is 1. The van der Waals surface area contributed by atoms with Crippen LogP contribution in [0, 0.1) is 0 Å². The van der Waals surface area contributed by atoms with Crippen molar-refractivity contribution in [3.8, 4) is 0 Å². The second-order valence-corrected chi connectivity index (χ2v) is 7.88. The highest BCUT2D eigenvalue weighted by molar-refractivity contribution is 7.89. The van der Waals surface area contributed by atoms with E-state index in [9.17, 15) is 13.2 Å². The van der Waals surface area contributed by atoms with Crippen molar-refractivity contribution in [1.29, 1.82) is 0 Å². The topological polar surface area (TPSA) is 66.5 Å². The lowest BCUT2D eigenvalue weighted by Crippen LogP contribution is -2.33. The molecule has 0 aromatic heterocycles. The van der Waals surface area contributed by atoms with Gasteiger partial charge in [0.2, 0.25) is 10.0 Å². The largest absolute Gasteiger partial charge is 0.339 e. The third kappa shape index (κ3) is 4.78. The number of hydrogen-bond donors (Lipinski definition) is 1. The first-order valence-corrected chi connectivity index (χ1v) is 9.84. The van der Waals surface area contributed by atoms with Crippen LogP contribution in [-0.4, -0.2) is 38.4 Å². The van der Waals surface area contributed by atoms with Crippen LogP contribution in [0.2, 0.25) is 0 Å². The molecule has 1 N–H and O–H groups in total. The van der Waals surface area contributed by atoms with Crippen LogP contribution in [0.15, 0.2) is 29.2 Å². The zero-order valence-electron chi connectivity index (χ0n) is 13.9. The van der Waals surface area contributed by atoms with Gasteiger partial charge in [-0.2, -0.15) is 0 Å². The third-order valence-electron chi connectivity index (χ3n) is 4.25. The summed E-state index contributed by atoms with van der Waals surface area (Å²) in [5.41, 5.74) is 0.443. The van der Waals surface area contributed by atoms with Gasteiger partial charge in [0, 0.05) is 24.7 Å². The Morgan fingerprint density at radius 2 is 1.87 bits per heavy atom. The van der Waals surface area contributed by atoms with Crippen molar-refractivity contribution < 1.29 is 13.2 Å². The monoisotopic (exact) mass is 338 g/mol. The SMILES string of the molecule is CCC(C)NS(=O)(=O)c1cccc(C(=O)N2CCCCCC2)c1. The van der Waals surface area contributed by atoms with E-state index in [1.54, 1.807) is 12.1 Å². The van der Waals surface area contributed by atoms with E-state index in [4.69, 9.17) is 0 Å². The van der Waals surface area contributed by atoms with Gasteiger partial charge in [-0.1, -0.05) is 25.8 Å². The molecule has 1 fully saturated rings.